The predicted octanol–water partition coefficient (Wildman–Crippen LogP) is 2.18. The lowest BCUT2D eigenvalue weighted by Crippen LogP contribution is -2.56. The van der Waals surface area contributed by atoms with Gasteiger partial charge in [0, 0.05) is 37.2 Å². The smallest absolute Gasteiger partial charge is 0.328 e. The van der Waals surface area contributed by atoms with E-state index in [0.29, 0.717) is 37.8 Å². The van der Waals surface area contributed by atoms with Crippen molar-refractivity contribution in [2.24, 2.45) is 0 Å². The fraction of sp³-hybridized carbons (Fsp3) is 0.571. The zero-order chi connectivity index (χ0) is 22.3. The SMILES string of the molecule is CCOC(=O)[C@H](c1ccc(Cl)cc1)N1CCN([C@H](C)C(=O)NC(=O)NC(C)C)CC1. The molecule has 1 aliphatic heterocycles. The predicted molar refractivity (Wildman–Crippen MR) is 115 cm³/mol. The van der Waals surface area contributed by atoms with E-state index in [1.807, 2.05) is 35.8 Å². The summed E-state index contributed by atoms with van der Waals surface area (Å²) in [5, 5.41) is 5.62. The number of amides is 3. The van der Waals surface area contributed by atoms with E-state index in [2.05, 4.69) is 10.6 Å². The first-order valence-electron chi connectivity index (χ1n) is 10.2. The summed E-state index contributed by atoms with van der Waals surface area (Å²) in [6.07, 6.45) is 0. The van der Waals surface area contributed by atoms with Gasteiger partial charge in [-0.15, -0.1) is 0 Å². The lowest BCUT2D eigenvalue weighted by Gasteiger charge is -2.40. The molecule has 2 atom stereocenters. The summed E-state index contributed by atoms with van der Waals surface area (Å²) >= 11 is 5.99. The molecule has 0 aliphatic carbocycles. The lowest BCUT2D eigenvalue weighted by atomic mass is 10.0. The van der Waals surface area contributed by atoms with Crippen LogP contribution in [0.4, 0.5) is 4.79 Å². The lowest BCUT2D eigenvalue weighted by molar-refractivity contribution is -0.151. The first-order valence-corrected chi connectivity index (χ1v) is 10.6. The Labute approximate surface area is 182 Å². The topological polar surface area (TPSA) is 91.0 Å². The number of carbonyl (C=O) groups excluding carboxylic acids is 3. The molecule has 8 nitrogen and oxygen atoms in total. The fourth-order valence-electron chi connectivity index (χ4n) is 3.43. The Morgan fingerprint density at radius 1 is 1.03 bits per heavy atom. The first-order chi connectivity index (χ1) is 14.2. The number of ether oxygens (including phenoxy) is 1. The van der Waals surface area contributed by atoms with E-state index in [-0.39, 0.29) is 17.9 Å². The fourth-order valence-corrected chi connectivity index (χ4v) is 3.55. The quantitative estimate of drug-likeness (QED) is 0.634. The maximum Gasteiger partial charge on any atom is 0.328 e. The minimum atomic E-state index is -0.523. The van der Waals surface area contributed by atoms with Crippen LogP contribution in [0.5, 0.6) is 0 Å². The summed E-state index contributed by atoms with van der Waals surface area (Å²) in [6, 6.07) is 5.66. The Morgan fingerprint density at radius 2 is 1.60 bits per heavy atom. The van der Waals surface area contributed by atoms with Crippen molar-refractivity contribution in [3.63, 3.8) is 0 Å². The normalized spacial score (nSPS) is 17.3. The van der Waals surface area contributed by atoms with E-state index in [4.69, 9.17) is 16.3 Å². The maximum atomic E-state index is 12.6. The molecule has 166 valence electrons. The number of nitrogens with one attached hydrogen (secondary N) is 2. The summed E-state index contributed by atoms with van der Waals surface area (Å²) in [4.78, 5) is 40.9. The number of hydrogen-bond acceptors (Lipinski definition) is 6. The van der Waals surface area contributed by atoms with Gasteiger partial charge in [0.2, 0.25) is 5.91 Å². The zero-order valence-electron chi connectivity index (χ0n) is 18.0. The van der Waals surface area contributed by atoms with E-state index in [1.165, 1.54) is 0 Å². The molecule has 2 N–H and O–H groups in total. The number of hydrogen-bond donors (Lipinski definition) is 2. The van der Waals surface area contributed by atoms with Crippen LogP contribution in [0, 0.1) is 0 Å². The summed E-state index contributed by atoms with van der Waals surface area (Å²) in [7, 11) is 0. The number of urea groups is 1. The standard InChI is InChI=1S/C21H31ClN4O4/c1-5-30-20(28)18(16-6-8-17(22)9-7-16)26-12-10-25(11-13-26)15(4)19(27)24-21(29)23-14(2)3/h6-9,14-15,18H,5,10-13H2,1-4H3,(H2,23,24,27,29)/t15-,18+/m1/s1. The van der Waals surface area contributed by atoms with Gasteiger partial charge in [0.05, 0.1) is 12.6 Å². The molecular formula is C21H31ClN4O4. The van der Waals surface area contributed by atoms with Gasteiger partial charge in [0.25, 0.3) is 0 Å². The second-order valence-electron chi connectivity index (χ2n) is 7.57. The molecule has 1 fully saturated rings. The summed E-state index contributed by atoms with van der Waals surface area (Å²) in [5.74, 6) is -0.648. The molecule has 1 saturated heterocycles. The molecule has 0 saturated carbocycles. The molecule has 0 aromatic heterocycles. The van der Waals surface area contributed by atoms with Crippen LogP contribution in [0.15, 0.2) is 24.3 Å². The van der Waals surface area contributed by atoms with Crippen molar-refractivity contribution >= 4 is 29.5 Å². The largest absolute Gasteiger partial charge is 0.465 e. The molecule has 0 spiro atoms. The average molecular weight is 439 g/mol. The third-order valence-corrected chi connectivity index (χ3v) is 5.25. The van der Waals surface area contributed by atoms with Gasteiger partial charge in [-0.2, -0.15) is 0 Å². The molecule has 0 bridgehead atoms. The number of esters is 1. The van der Waals surface area contributed by atoms with Gasteiger partial charge < -0.3 is 10.1 Å². The average Bonchev–Trinajstić information content (AvgIpc) is 2.69. The van der Waals surface area contributed by atoms with Gasteiger partial charge in [0.15, 0.2) is 0 Å². The number of carbonyl (C=O) groups is 3. The van der Waals surface area contributed by atoms with Crippen molar-refractivity contribution in [1.82, 2.24) is 20.4 Å². The minimum absolute atomic E-state index is 0.0515. The highest BCUT2D eigenvalue weighted by molar-refractivity contribution is 6.30. The van der Waals surface area contributed by atoms with E-state index in [1.54, 1.807) is 26.0 Å². The van der Waals surface area contributed by atoms with Gasteiger partial charge in [-0.1, -0.05) is 23.7 Å². The molecule has 0 unspecified atom stereocenters. The van der Waals surface area contributed by atoms with Gasteiger partial charge in [-0.05, 0) is 45.4 Å². The number of nitrogens with zero attached hydrogens (tertiary/aromatic N) is 2. The van der Waals surface area contributed by atoms with Crippen molar-refractivity contribution in [2.75, 3.05) is 32.8 Å². The van der Waals surface area contributed by atoms with Crippen molar-refractivity contribution in [3.05, 3.63) is 34.9 Å². The van der Waals surface area contributed by atoms with Crippen molar-refractivity contribution in [2.45, 2.75) is 45.8 Å². The number of rotatable bonds is 7. The molecule has 0 radical (unpaired) electrons. The molecule has 9 heteroatoms. The molecule has 1 aromatic rings. The Balaban J connectivity index is 2.00. The highest BCUT2D eigenvalue weighted by Gasteiger charge is 2.34. The summed E-state index contributed by atoms with van der Waals surface area (Å²) in [6.45, 7) is 9.86. The minimum Gasteiger partial charge on any atom is -0.465 e. The Hall–Kier alpha value is -2.16. The molecule has 1 aliphatic rings. The molecule has 3 amide bonds. The van der Waals surface area contributed by atoms with Gasteiger partial charge in [0.1, 0.15) is 6.04 Å². The third-order valence-electron chi connectivity index (χ3n) is 4.99. The van der Waals surface area contributed by atoms with Crippen molar-refractivity contribution < 1.29 is 19.1 Å². The second kappa shape index (κ2) is 11.3. The Bertz CT molecular complexity index is 733. The van der Waals surface area contributed by atoms with Gasteiger partial charge in [-0.25, -0.2) is 9.59 Å². The highest BCUT2D eigenvalue weighted by atomic mass is 35.5. The van der Waals surface area contributed by atoms with Crippen molar-refractivity contribution in [1.29, 1.82) is 0 Å². The number of benzene rings is 1. The van der Waals surface area contributed by atoms with Crippen LogP contribution in [0.25, 0.3) is 0 Å². The zero-order valence-corrected chi connectivity index (χ0v) is 18.7. The molecule has 2 rings (SSSR count). The number of imide groups is 1. The van der Waals surface area contributed by atoms with Crippen LogP contribution in [-0.4, -0.2) is 72.6 Å². The van der Waals surface area contributed by atoms with E-state index in [0.717, 1.165) is 5.56 Å². The molecule has 30 heavy (non-hydrogen) atoms. The van der Waals surface area contributed by atoms with E-state index in [9.17, 15) is 14.4 Å². The molecule has 1 aromatic carbocycles. The van der Waals surface area contributed by atoms with E-state index < -0.39 is 18.1 Å². The maximum absolute atomic E-state index is 12.6. The van der Waals surface area contributed by atoms with Crippen LogP contribution < -0.4 is 10.6 Å². The Kier molecular flexibility index (Phi) is 9.08. The van der Waals surface area contributed by atoms with Crippen LogP contribution >= 0.6 is 11.6 Å². The van der Waals surface area contributed by atoms with Crippen LogP contribution in [0.3, 0.4) is 0 Å². The first kappa shape index (κ1) is 24.1. The second-order valence-corrected chi connectivity index (χ2v) is 8.01. The van der Waals surface area contributed by atoms with E-state index >= 15 is 0 Å². The Morgan fingerprint density at radius 3 is 2.13 bits per heavy atom. The molecular weight excluding hydrogens is 408 g/mol. The third kappa shape index (κ3) is 6.68. The number of halogens is 1. The van der Waals surface area contributed by atoms with Crippen LogP contribution in [0.2, 0.25) is 5.02 Å². The van der Waals surface area contributed by atoms with Crippen molar-refractivity contribution in [3.8, 4) is 0 Å². The van der Waals surface area contributed by atoms with Crippen LogP contribution in [0.1, 0.15) is 39.3 Å². The summed E-state index contributed by atoms with van der Waals surface area (Å²) in [5.41, 5.74) is 0.822. The number of piperazine rings is 1. The molecule has 1 heterocycles. The monoisotopic (exact) mass is 438 g/mol. The van der Waals surface area contributed by atoms with Crippen LogP contribution in [-0.2, 0) is 14.3 Å². The summed E-state index contributed by atoms with van der Waals surface area (Å²) < 4.78 is 5.29. The van der Waals surface area contributed by atoms with Gasteiger partial charge in [-0.3, -0.25) is 19.9 Å². The highest BCUT2D eigenvalue weighted by Crippen LogP contribution is 2.25. The van der Waals surface area contributed by atoms with Gasteiger partial charge >= 0.3 is 12.0 Å².